The molecule has 0 fully saturated rings. The van der Waals surface area contributed by atoms with Crippen molar-refractivity contribution in [3.63, 3.8) is 0 Å². The molecule has 5 nitrogen and oxygen atoms in total. The number of aromatic nitrogens is 1. The second kappa shape index (κ2) is 5.58. The van der Waals surface area contributed by atoms with Crippen LogP contribution in [0.2, 0.25) is 5.02 Å². The molecule has 0 aliphatic heterocycles. The van der Waals surface area contributed by atoms with Crippen molar-refractivity contribution in [2.75, 3.05) is 12.8 Å². The summed E-state index contributed by atoms with van der Waals surface area (Å²) in [5, 5.41) is 0.494. The fraction of sp³-hybridized carbons (Fsp3) is 0.0769. The number of nitrogens with two attached hydrogens (primary N) is 1. The number of benzene rings is 1. The van der Waals surface area contributed by atoms with Crippen LogP contribution in [0.3, 0.4) is 0 Å². The first kappa shape index (κ1) is 13.2. The van der Waals surface area contributed by atoms with E-state index >= 15 is 0 Å². The van der Waals surface area contributed by atoms with Gasteiger partial charge in [-0.05, 0) is 18.2 Å². The Labute approximate surface area is 114 Å². The normalized spacial score (nSPS) is 10.0. The van der Waals surface area contributed by atoms with Gasteiger partial charge in [0.1, 0.15) is 0 Å². The topological polar surface area (TPSA) is 74.4 Å². The number of methoxy groups -OCH3 is 1. The first-order chi connectivity index (χ1) is 9.10. The summed E-state index contributed by atoms with van der Waals surface area (Å²) in [6.07, 6.45) is 1.45. The van der Waals surface area contributed by atoms with Crippen molar-refractivity contribution in [1.29, 1.82) is 0 Å². The third-order valence-electron chi connectivity index (χ3n) is 2.35. The molecule has 0 unspecified atom stereocenters. The Hall–Kier alpha value is -2.27. The summed E-state index contributed by atoms with van der Waals surface area (Å²) < 4.78 is 10.1. The van der Waals surface area contributed by atoms with Crippen molar-refractivity contribution < 1.29 is 14.3 Å². The average Bonchev–Trinajstić information content (AvgIpc) is 2.42. The van der Waals surface area contributed by atoms with Gasteiger partial charge in [0, 0.05) is 23.4 Å². The lowest BCUT2D eigenvalue weighted by molar-refractivity contribution is 0.0600. The van der Waals surface area contributed by atoms with Crippen molar-refractivity contribution in [3.8, 4) is 11.6 Å². The Balaban J connectivity index is 2.28. The van der Waals surface area contributed by atoms with Crippen LogP contribution < -0.4 is 10.5 Å². The van der Waals surface area contributed by atoms with E-state index in [2.05, 4.69) is 9.72 Å². The fourth-order valence-corrected chi connectivity index (χ4v) is 1.58. The molecular weight excluding hydrogens is 268 g/mol. The van der Waals surface area contributed by atoms with Crippen LogP contribution in [0.25, 0.3) is 0 Å². The number of hydrogen-bond acceptors (Lipinski definition) is 5. The summed E-state index contributed by atoms with van der Waals surface area (Å²) in [5.41, 5.74) is 6.52. The van der Waals surface area contributed by atoms with E-state index in [1.54, 1.807) is 18.2 Å². The Morgan fingerprint density at radius 3 is 2.84 bits per heavy atom. The van der Waals surface area contributed by atoms with Crippen LogP contribution in [0, 0.1) is 0 Å². The zero-order valence-electron chi connectivity index (χ0n) is 10.1. The molecule has 0 bridgehead atoms. The first-order valence-corrected chi connectivity index (χ1v) is 5.75. The van der Waals surface area contributed by atoms with Gasteiger partial charge in [-0.1, -0.05) is 11.6 Å². The Kier molecular flexibility index (Phi) is 3.87. The third kappa shape index (κ3) is 3.14. The molecule has 0 aliphatic carbocycles. The highest BCUT2D eigenvalue weighted by Gasteiger charge is 2.09. The molecule has 98 valence electrons. The van der Waals surface area contributed by atoms with E-state index in [0.717, 1.165) is 0 Å². The quantitative estimate of drug-likeness (QED) is 0.690. The minimum absolute atomic E-state index is 0.233. The number of rotatable bonds is 3. The molecule has 19 heavy (non-hydrogen) atoms. The molecule has 1 aromatic heterocycles. The van der Waals surface area contributed by atoms with E-state index in [9.17, 15) is 4.79 Å². The molecule has 1 aromatic carbocycles. The van der Waals surface area contributed by atoms with Crippen LogP contribution in [0.4, 0.5) is 5.69 Å². The minimum Gasteiger partial charge on any atom is -0.465 e. The molecule has 0 saturated heterocycles. The maximum atomic E-state index is 11.4. The summed E-state index contributed by atoms with van der Waals surface area (Å²) >= 11 is 5.86. The van der Waals surface area contributed by atoms with Gasteiger partial charge in [0.05, 0.1) is 18.4 Å². The van der Waals surface area contributed by atoms with Crippen LogP contribution >= 0.6 is 11.6 Å². The smallest absolute Gasteiger partial charge is 0.338 e. The van der Waals surface area contributed by atoms with E-state index in [1.807, 2.05) is 0 Å². The highest BCUT2D eigenvalue weighted by Crippen LogP contribution is 2.29. The number of carbonyl (C=O) groups is 1. The van der Waals surface area contributed by atoms with Crippen molar-refractivity contribution in [2.24, 2.45) is 0 Å². The predicted molar refractivity (Wildman–Crippen MR) is 71.5 cm³/mol. The summed E-state index contributed by atoms with van der Waals surface area (Å²) in [6, 6.07) is 7.85. The second-order valence-electron chi connectivity index (χ2n) is 3.66. The van der Waals surface area contributed by atoms with E-state index in [0.29, 0.717) is 22.0 Å². The van der Waals surface area contributed by atoms with Gasteiger partial charge in [-0.15, -0.1) is 0 Å². The molecule has 2 N–H and O–H groups in total. The highest BCUT2D eigenvalue weighted by atomic mass is 35.5. The Bertz CT molecular complexity index is 617. The lowest BCUT2D eigenvalue weighted by atomic mass is 10.2. The molecule has 0 amide bonds. The Morgan fingerprint density at radius 1 is 1.32 bits per heavy atom. The van der Waals surface area contributed by atoms with Crippen LogP contribution in [-0.4, -0.2) is 18.1 Å². The SMILES string of the molecule is COC(=O)c1ccnc(Oc2cc(Cl)ccc2N)c1. The molecule has 2 aromatic rings. The highest BCUT2D eigenvalue weighted by molar-refractivity contribution is 6.30. The third-order valence-corrected chi connectivity index (χ3v) is 2.58. The van der Waals surface area contributed by atoms with Gasteiger partial charge in [0.2, 0.25) is 5.88 Å². The summed E-state index contributed by atoms with van der Waals surface area (Å²) in [6.45, 7) is 0. The number of nitrogens with zero attached hydrogens (tertiary/aromatic N) is 1. The van der Waals surface area contributed by atoms with Crippen molar-refractivity contribution in [2.45, 2.75) is 0 Å². The maximum absolute atomic E-state index is 11.4. The maximum Gasteiger partial charge on any atom is 0.338 e. The van der Waals surface area contributed by atoms with Gasteiger partial charge in [0.15, 0.2) is 5.75 Å². The largest absolute Gasteiger partial charge is 0.465 e. The average molecular weight is 279 g/mol. The lowest BCUT2D eigenvalue weighted by Gasteiger charge is -2.08. The van der Waals surface area contributed by atoms with Crippen molar-refractivity contribution >= 4 is 23.3 Å². The van der Waals surface area contributed by atoms with E-state index in [4.69, 9.17) is 22.1 Å². The van der Waals surface area contributed by atoms with Crippen LogP contribution in [0.1, 0.15) is 10.4 Å². The first-order valence-electron chi connectivity index (χ1n) is 5.37. The molecule has 0 aliphatic rings. The summed E-state index contributed by atoms with van der Waals surface area (Å²) in [4.78, 5) is 15.4. The molecule has 0 saturated carbocycles. The minimum atomic E-state index is -0.466. The van der Waals surface area contributed by atoms with Gasteiger partial charge >= 0.3 is 5.97 Å². The molecule has 6 heteroatoms. The molecule has 2 rings (SSSR count). The number of ether oxygens (including phenoxy) is 2. The lowest BCUT2D eigenvalue weighted by Crippen LogP contribution is -2.02. The number of carbonyl (C=O) groups excluding carboxylic acids is 1. The number of nitrogen functional groups attached to an aromatic ring is 1. The number of halogens is 1. The standard InChI is InChI=1S/C13H11ClN2O3/c1-18-13(17)8-4-5-16-12(6-8)19-11-7-9(14)2-3-10(11)15/h2-7H,15H2,1H3. The van der Waals surface area contributed by atoms with Gasteiger partial charge in [-0.2, -0.15) is 0 Å². The Morgan fingerprint density at radius 2 is 2.11 bits per heavy atom. The van der Waals surface area contributed by atoms with Crippen LogP contribution in [0.5, 0.6) is 11.6 Å². The zero-order valence-corrected chi connectivity index (χ0v) is 10.8. The fourth-order valence-electron chi connectivity index (χ4n) is 1.42. The molecule has 1 heterocycles. The van der Waals surface area contributed by atoms with Gasteiger partial charge in [0.25, 0.3) is 0 Å². The zero-order chi connectivity index (χ0) is 13.8. The number of anilines is 1. The number of esters is 1. The van der Waals surface area contributed by atoms with Crippen LogP contribution in [0.15, 0.2) is 36.5 Å². The second-order valence-corrected chi connectivity index (χ2v) is 4.09. The molecular formula is C13H11ClN2O3. The van der Waals surface area contributed by atoms with Gasteiger partial charge in [-0.3, -0.25) is 0 Å². The van der Waals surface area contributed by atoms with E-state index < -0.39 is 5.97 Å². The van der Waals surface area contributed by atoms with Gasteiger partial charge in [-0.25, -0.2) is 9.78 Å². The molecule has 0 atom stereocenters. The van der Waals surface area contributed by atoms with Gasteiger partial charge < -0.3 is 15.2 Å². The summed E-state index contributed by atoms with van der Waals surface area (Å²) in [7, 11) is 1.30. The molecule has 0 spiro atoms. The van der Waals surface area contributed by atoms with Crippen molar-refractivity contribution in [3.05, 3.63) is 47.1 Å². The predicted octanol–water partition coefficient (Wildman–Crippen LogP) is 2.90. The van der Waals surface area contributed by atoms with Crippen LogP contribution in [-0.2, 0) is 4.74 Å². The number of hydrogen-bond donors (Lipinski definition) is 1. The van der Waals surface area contributed by atoms with Crippen molar-refractivity contribution in [1.82, 2.24) is 4.98 Å². The molecule has 0 radical (unpaired) electrons. The van der Waals surface area contributed by atoms with E-state index in [1.165, 1.54) is 25.4 Å². The monoisotopic (exact) mass is 278 g/mol. The van der Waals surface area contributed by atoms with E-state index in [-0.39, 0.29) is 5.88 Å². The summed E-state index contributed by atoms with van der Waals surface area (Å²) in [5.74, 6) is 0.144. The number of pyridine rings is 1.